The van der Waals surface area contributed by atoms with Crippen LogP contribution in [0.3, 0.4) is 0 Å². The van der Waals surface area contributed by atoms with Crippen molar-refractivity contribution >= 4 is 29.4 Å². The number of anilines is 1. The summed E-state index contributed by atoms with van der Waals surface area (Å²) in [7, 11) is 0. The molecule has 1 atom stereocenters. The number of hydrogen-bond acceptors (Lipinski definition) is 8. The fraction of sp³-hybridized carbons (Fsp3) is 0.300. The molecule has 1 aliphatic rings. The van der Waals surface area contributed by atoms with Crippen LogP contribution in [0, 0.1) is 5.92 Å². The topological polar surface area (TPSA) is 145 Å². The molecular formula is C30H32ClN7O4. The predicted octanol–water partition coefficient (Wildman–Crippen LogP) is 3.20. The number of carbonyl (C=O) groups excluding carboxylic acids is 2. The molecule has 42 heavy (non-hydrogen) atoms. The Bertz CT molecular complexity index is 1540. The molecule has 1 fully saturated rings. The molecule has 11 nitrogen and oxygen atoms in total. The Kier molecular flexibility index (Phi) is 9.42. The van der Waals surface area contributed by atoms with Crippen molar-refractivity contribution in [3.63, 3.8) is 0 Å². The molecule has 5 rings (SSSR count). The van der Waals surface area contributed by atoms with Gasteiger partial charge in [0.1, 0.15) is 5.69 Å². The number of morpholine rings is 1. The van der Waals surface area contributed by atoms with Crippen LogP contribution in [0.2, 0.25) is 5.02 Å². The van der Waals surface area contributed by atoms with Gasteiger partial charge < -0.3 is 30.4 Å². The molecule has 1 saturated heterocycles. The van der Waals surface area contributed by atoms with Crippen molar-refractivity contribution in [3.8, 4) is 22.4 Å². The second kappa shape index (κ2) is 13.6. The summed E-state index contributed by atoms with van der Waals surface area (Å²) in [5, 5.41) is 15.5. The van der Waals surface area contributed by atoms with Crippen molar-refractivity contribution in [1.29, 1.82) is 0 Å². The molecule has 218 valence electrons. The van der Waals surface area contributed by atoms with Gasteiger partial charge in [-0.2, -0.15) is 0 Å². The van der Waals surface area contributed by atoms with Crippen molar-refractivity contribution in [3.05, 3.63) is 83.0 Å². The van der Waals surface area contributed by atoms with Crippen LogP contribution in [0.25, 0.3) is 22.4 Å². The number of nitrogens with one attached hydrogen (secondary N) is 3. The number of halogens is 1. The van der Waals surface area contributed by atoms with Crippen molar-refractivity contribution in [2.75, 3.05) is 37.8 Å². The lowest BCUT2D eigenvalue weighted by Crippen LogP contribution is -2.37. The quantitative estimate of drug-likeness (QED) is 0.221. The highest BCUT2D eigenvalue weighted by Gasteiger charge is 2.20. The molecule has 0 aliphatic carbocycles. The summed E-state index contributed by atoms with van der Waals surface area (Å²) in [4.78, 5) is 43.9. The first-order chi connectivity index (χ1) is 20.4. The number of benzene rings is 1. The molecular weight excluding hydrogens is 558 g/mol. The van der Waals surface area contributed by atoms with E-state index in [1.807, 2.05) is 24.3 Å². The summed E-state index contributed by atoms with van der Waals surface area (Å²) < 4.78 is 5.49. The zero-order chi connectivity index (χ0) is 29.5. The molecule has 0 bridgehead atoms. The molecule has 3 aromatic heterocycles. The first kappa shape index (κ1) is 29.2. The van der Waals surface area contributed by atoms with E-state index in [9.17, 15) is 14.7 Å². The summed E-state index contributed by atoms with van der Waals surface area (Å²) in [5.41, 5.74) is 4.95. The summed E-state index contributed by atoms with van der Waals surface area (Å²) >= 11 is 6.47. The van der Waals surface area contributed by atoms with E-state index in [4.69, 9.17) is 21.3 Å². The fourth-order valence-corrected chi connectivity index (χ4v) is 4.66. The standard InChI is InChI=1S/C30H32ClN7O4/c1-19(18-39)28(40)35-15-22-12-21(2-3-25(22)31)24-17-36-30(38-8-10-42-11-9-38)37-27(24)23-13-26(33-16-23)29(41)34-14-20-4-6-32-7-5-20/h2-7,12-13,16-17,19,33,39H,8-11,14-15,18H2,1H3,(H,34,41)(H,35,40). The van der Waals surface area contributed by atoms with Gasteiger partial charge in [0, 0.05) is 67.1 Å². The molecule has 4 heterocycles. The fourth-order valence-electron chi connectivity index (χ4n) is 4.48. The van der Waals surface area contributed by atoms with E-state index < -0.39 is 5.92 Å². The number of aliphatic hydroxyl groups excluding tert-OH is 1. The lowest BCUT2D eigenvalue weighted by Gasteiger charge is -2.27. The zero-order valence-corrected chi connectivity index (χ0v) is 23.9. The monoisotopic (exact) mass is 589 g/mol. The average Bonchev–Trinajstić information content (AvgIpc) is 3.54. The highest BCUT2D eigenvalue weighted by Crippen LogP contribution is 2.34. The Morgan fingerprint density at radius 3 is 2.64 bits per heavy atom. The molecule has 1 aliphatic heterocycles. The maximum atomic E-state index is 12.9. The van der Waals surface area contributed by atoms with Gasteiger partial charge in [-0.25, -0.2) is 9.97 Å². The molecule has 0 radical (unpaired) electrons. The lowest BCUT2D eigenvalue weighted by molar-refractivity contribution is -0.125. The van der Waals surface area contributed by atoms with Gasteiger partial charge in [-0.3, -0.25) is 14.6 Å². The van der Waals surface area contributed by atoms with Gasteiger partial charge in [-0.1, -0.05) is 24.6 Å². The van der Waals surface area contributed by atoms with Gasteiger partial charge in [0.25, 0.3) is 5.91 Å². The van der Waals surface area contributed by atoms with Crippen LogP contribution in [0.5, 0.6) is 0 Å². The van der Waals surface area contributed by atoms with Crippen LogP contribution < -0.4 is 15.5 Å². The van der Waals surface area contributed by atoms with Crippen molar-refractivity contribution < 1.29 is 19.4 Å². The van der Waals surface area contributed by atoms with Crippen LogP contribution in [-0.4, -0.2) is 69.8 Å². The first-order valence-electron chi connectivity index (χ1n) is 13.7. The Balaban J connectivity index is 1.45. The van der Waals surface area contributed by atoms with E-state index in [1.54, 1.807) is 43.8 Å². The number of ether oxygens (including phenoxy) is 1. The largest absolute Gasteiger partial charge is 0.396 e. The number of aromatic amines is 1. The molecule has 1 unspecified atom stereocenters. The van der Waals surface area contributed by atoms with E-state index in [0.717, 1.165) is 22.3 Å². The zero-order valence-electron chi connectivity index (χ0n) is 23.1. The summed E-state index contributed by atoms with van der Waals surface area (Å²) in [6.07, 6.45) is 6.89. The second-order valence-corrected chi connectivity index (χ2v) is 10.4. The third-order valence-corrected chi connectivity index (χ3v) is 7.37. The molecule has 0 spiro atoms. The highest BCUT2D eigenvalue weighted by atomic mass is 35.5. The maximum Gasteiger partial charge on any atom is 0.267 e. The molecule has 4 N–H and O–H groups in total. The minimum atomic E-state index is -0.524. The van der Waals surface area contributed by atoms with Crippen LogP contribution >= 0.6 is 11.6 Å². The van der Waals surface area contributed by atoms with Crippen molar-refractivity contribution in [2.24, 2.45) is 5.92 Å². The van der Waals surface area contributed by atoms with Gasteiger partial charge in [-0.05, 0) is 47.0 Å². The van der Waals surface area contributed by atoms with E-state index >= 15 is 0 Å². The third-order valence-electron chi connectivity index (χ3n) is 7.00. The van der Waals surface area contributed by atoms with Crippen LogP contribution in [0.15, 0.2) is 61.2 Å². The molecule has 4 aromatic rings. The summed E-state index contributed by atoms with van der Waals surface area (Å²) in [6, 6.07) is 11.0. The van der Waals surface area contributed by atoms with E-state index in [1.165, 1.54) is 0 Å². The third kappa shape index (κ3) is 6.93. The number of aliphatic hydroxyl groups is 1. The first-order valence-corrected chi connectivity index (χ1v) is 14.0. The Morgan fingerprint density at radius 2 is 1.88 bits per heavy atom. The van der Waals surface area contributed by atoms with Crippen molar-refractivity contribution in [1.82, 2.24) is 30.6 Å². The number of carbonyl (C=O) groups is 2. The Hall–Kier alpha value is -4.32. The number of rotatable bonds is 10. The van der Waals surface area contributed by atoms with Gasteiger partial charge in [-0.15, -0.1) is 0 Å². The summed E-state index contributed by atoms with van der Waals surface area (Å²) in [6.45, 7) is 4.51. The van der Waals surface area contributed by atoms with E-state index in [0.29, 0.717) is 60.8 Å². The minimum Gasteiger partial charge on any atom is -0.396 e. The average molecular weight is 590 g/mol. The number of H-pyrrole nitrogens is 1. The Morgan fingerprint density at radius 1 is 1.10 bits per heavy atom. The van der Waals surface area contributed by atoms with Gasteiger partial charge in [0.05, 0.1) is 31.4 Å². The maximum absolute atomic E-state index is 12.9. The van der Waals surface area contributed by atoms with E-state index in [2.05, 4.69) is 30.5 Å². The number of aromatic nitrogens is 4. The van der Waals surface area contributed by atoms with Gasteiger partial charge in [0.15, 0.2) is 0 Å². The minimum absolute atomic E-state index is 0.198. The second-order valence-electron chi connectivity index (χ2n) is 9.98. The number of nitrogens with zero attached hydrogens (tertiary/aromatic N) is 4. The SMILES string of the molecule is CC(CO)C(=O)NCc1cc(-c2cnc(N3CCOCC3)nc2-c2c[nH]c(C(=O)NCc3ccncc3)c2)ccc1Cl. The molecule has 0 saturated carbocycles. The summed E-state index contributed by atoms with van der Waals surface area (Å²) in [5.74, 6) is -0.464. The molecule has 2 amide bonds. The predicted molar refractivity (Wildman–Crippen MR) is 159 cm³/mol. The highest BCUT2D eigenvalue weighted by molar-refractivity contribution is 6.31. The molecule has 12 heteroatoms. The van der Waals surface area contributed by atoms with Crippen LogP contribution in [0.1, 0.15) is 28.5 Å². The van der Waals surface area contributed by atoms with Gasteiger partial charge in [0.2, 0.25) is 11.9 Å². The molecule has 1 aromatic carbocycles. The lowest BCUT2D eigenvalue weighted by atomic mass is 10.00. The van der Waals surface area contributed by atoms with Gasteiger partial charge >= 0.3 is 0 Å². The van der Waals surface area contributed by atoms with Crippen LogP contribution in [-0.2, 0) is 22.6 Å². The smallest absolute Gasteiger partial charge is 0.267 e. The van der Waals surface area contributed by atoms with E-state index in [-0.39, 0.29) is 25.0 Å². The number of amides is 2. The van der Waals surface area contributed by atoms with Crippen LogP contribution in [0.4, 0.5) is 5.95 Å². The number of hydrogen-bond donors (Lipinski definition) is 4. The normalized spacial score (nSPS) is 13.9. The van der Waals surface area contributed by atoms with Crippen molar-refractivity contribution in [2.45, 2.75) is 20.0 Å². The Labute approximate surface area is 248 Å². The number of pyridine rings is 1.